The Morgan fingerprint density at radius 1 is 1.43 bits per heavy atom. The van der Waals surface area contributed by atoms with E-state index in [0.717, 1.165) is 25.2 Å². The van der Waals surface area contributed by atoms with E-state index in [2.05, 4.69) is 35.0 Å². The second-order valence-corrected chi connectivity index (χ2v) is 6.05. The van der Waals surface area contributed by atoms with Gasteiger partial charge in [0.25, 0.3) is 0 Å². The second kappa shape index (κ2) is 5.16. The Balaban J connectivity index is 1.66. The molecular weight excluding hydrogens is 268 g/mol. The monoisotopic (exact) mass is 288 g/mol. The molecule has 1 aromatic heterocycles. The Morgan fingerprint density at radius 3 is 2.86 bits per heavy atom. The zero-order valence-electron chi connectivity index (χ0n) is 12.3. The van der Waals surface area contributed by atoms with Crippen molar-refractivity contribution < 1.29 is 14.6 Å². The fourth-order valence-corrected chi connectivity index (χ4v) is 3.10. The van der Waals surface area contributed by atoms with Gasteiger partial charge in [-0.05, 0) is 25.5 Å². The van der Waals surface area contributed by atoms with Crippen LogP contribution in [0.2, 0.25) is 0 Å². The van der Waals surface area contributed by atoms with Crippen LogP contribution in [-0.4, -0.2) is 46.3 Å². The van der Waals surface area contributed by atoms with Gasteiger partial charge in [0.15, 0.2) is 0 Å². The van der Waals surface area contributed by atoms with Gasteiger partial charge in [0.1, 0.15) is 6.61 Å². The summed E-state index contributed by atoms with van der Waals surface area (Å²) in [7, 11) is 0. The quantitative estimate of drug-likeness (QED) is 0.885. The molecule has 0 unspecified atom stereocenters. The van der Waals surface area contributed by atoms with Crippen LogP contribution in [0.15, 0.2) is 24.3 Å². The lowest BCUT2D eigenvalue weighted by molar-refractivity contribution is -0.165. The molecule has 2 heterocycles. The maximum atomic E-state index is 10.6. The molecule has 0 atom stereocenters. The number of carboxylic acid groups (broad SMARTS) is 1. The molecule has 1 aliphatic heterocycles. The number of hydrogen-bond donors (Lipinski definition) is 2. The standard InChI is InChI=1S/C16H20N2O3/c1-11-13(12-5-3-4-6-14(12)17-11)7-18-9-16(2,10-18)21-8-15(19)20/h3-6,17H,7-10H2,1-2H3,(H,19,20). The first kappa shape index (κ1) is 14.1. The number of benzene rings is 1. The molecule has 2 N–H and O–H groups in total. The number of rotatable bonds is 5. The van der Waals surface area contributed by atoms with Crippen LogP contribution in [0.5, 0.6) is 0 Å². The number of carboxylic acids is 1. The third-order valence-electron chi connectivity index (χ3n) is 4.07. The van der Waals surface area contributed by atoms with Crippen molar-refractivity contribution in [3.8, 4) is 0 Å². The van der Waals surface area contributed by atoms with Gasteiger partial charge in [-0.25, -0.2) is 4.79 Å². The Labute approximate surface area is 123 Å². The van der Waals surface area contributed by atoms with Crippen LogP contribution >= 0.6 is 0 Å². The molecule has 5 heteroatoms. The Kier molecular flexibility index (Phi) is 3.47. The molecule has 21 heavy (non-hydrogen) atoms. The average Bonchev–Trinajstić information content (AvgIpc) is 2.71. The van der Waals surface area contributed by atoms with Crippen molar-refractivity contribution in [2.24, 2.45) is 0 Å². The minimum Gasteiger partial charge on any atom is -0.480 e. The van der Waals surface area contributed by atoms with Crippen molar-refractivity contribution in [2.45, 2.75) is 26.0 Å². The first-order valence-corrected chi connectivity index (χ1v) is 7.11. The second-order valence-electron chi connectivity index (χ2n) is 6.05. The average molecular weight is 288 g/mol. The molecule has 1 fully saturated rings. The molecular formula is C16H20N2O3. The number of H-pyrrole nitrogens is 1. The third kappa shape index (κ3) is 2.80. The summed E-state index contributed by atoms with van der Waals surface area (Å²) in [6.07, 6.45) is 0. The van der Waals surface area contributed by atoms with E-state index in [4.69, 9.17) is 9.84 Å². The number of carbonyl (C=O) groups is 1. The summed E-state index contributed by atoms with van der Waals surface area (Å²) >= 11 is 0. The van der Waals surface area contributed by atoms with Gasteiger partial charge in [-0.15, -0.1) is 0 Å². The summed E-state index contributed by atoms with van der Waals surface area (Å²) in [5.41, 5.74) is 3.33. The van der Waals surface area contributed by atoms with Gasteiger partial charge < -0.3 is 14.8 Å². The van der Waals surface area contributed by atoms with Gasteiger partial charge >= 0.3 is 5.97 Å². The lowest BCUT2D eigenvalue weighted by Gasteiger charge is -2.47. The number of aromatic nitrogens is 1. The molecule has 0 amide bonds. The summed E-state index contributed by atoms with van der Waals surface area (Å²) in [5, 5.41) is 9.94. The van der Waals surface area contributed by atoms with E-state index in [1.807, 2.05) is 13.0 Å². The fourth-order valence-electron chi connectivity index (χ4n) is 3.10. The van der Waals surface area contributed by atoms with E-state index in [-0.39, 0.29) is 12.2 Å². The minimum atomic E-state index is -0.915. The fraction of sp³-hybridized carbons (Fsp3) is 0.438. The van der Waals surface area contributed by atoms with Crippen molar-refractivity contribution in [1.29, 1.82) is 0 Å². The van der Waals surface area contributed by atoms with Crippen molar-refractivity contribution in [2.75, 3.05) is 19.7 Å². The summed E-state index contributed by atoms with van der Waals surface area (Å²) in [6, 6.07) is 8.30. The number of fused-ring (bicyclic) bond motifs is 1. The van der Waals surface area contributed by atoms with Gasteiger partial charge in [-0.2, -0.15) is 0 Å². The van der Waals surface area contributed by atoms with Crippen molar-refractivity contribution in [3.05, 3.63) is 35.5 Å². The van der Waals surface area contributed by atoms with Crippen LogP contribution in [0.4, 0.5) is 0 Å². The predicted octanol–water partition coefficient (Wildman–Crippen LogP) is 2.15. The van der Waals surface area contributed by atoms with Gasteiger partial charge in [0.2, 0.25) is 0 Å². The minimum absolute atomic E-state index is 0.226. The number of nitrogens with one attached hydrogen (secondary N) is 1. The first-order valence-electron chi connectivity index (χ1n) is 7.11. The van der Waals surface area contributed by atoms with Gasteiger partial charge in [0.05, 0.1) is 5.60 Å². The van der Waals surface area contributed by atoms with Crippen molar-refractivity contribution >= 4 is 16.9 Å². The number of aliphatic carboxylic acids is 1. The summed E-state index contributed by atoms with van der Waals surface area (Å²) in [5.74, 6) is -0.915. The highest BCUT2D eigenvalue weighted by molar-refractivity contribution is 5.84. The maximum absolute atomic E-state index is 10.6. The summed E-state index contributed by atoms with van der Waals surface area (Å²) in [4.78, 5) is 16.3. The number of aromatic amines is 1. The molecule has 1 aromatic carbocycles. The molecule has 0 bridgehead atoms. The molecule has 0 aliphatic carbocycles. The Bertz CT molecular complexity index is 671. The Hall–Kier alpha value is -1.85. The molecule has 1 aliphatic rings. The normalized spacial score (nSPS) is 17.8. The first-order chi connectivity index (χ1) is 9.97. The van der Waals surface area contributed by atoms with Gasteiger partial charge in [-0.1, -0.05) is 18.2 Å². The van der Waals surface area contributed by atoms with E-state index >= 15 is 0 Å². The number of likely N-dealkylation sites (tertiary alicyclic amines) is 1. The SMILES string of the molecule is Cc1[nH]c2ccccc2c1CN1CC(C)(OCC(=O)O)C1. The predicted molar refractivity (Wildman–Crippen MR) is 80.3 cm³/mol. The van der Waals surface area contributed by atoms with Crippen LogP contribution in [-0.2, 0) is 16.1 Å². The number of para-hydroxylation sites is 1. The van der Waals surface area contributed by atoms with Crippen LogP contribution in [0.3, 0.4) is 0 Å². The van der Waals surface area contributed by atoms with Crippen LogP contribution in [0.25, 0.3) is 10.9 Å². The lowest BCUT2D eigenvalue weighted by atomic mass is 9.95. The number of nitrogens with zero attached hydrogens (tertiary/aromatic N) is 1. The topological polar surface area (TPSA) is 65.6 Å². The Morgan fingerprint density at radius 2 is 2.14 bits per heavy atom. The number of hydrogen-bond acceptors (Lipinski definition) is 3. The summed E-state index contributed by atoms with van der Waals surface area (Å²) in [6.45, 7) is 6.22. The van der Waals surface area contributed by atoms with E-state index in [1.165, 1.54) is 16.6 Å². The summed E-state index contributed by atoms with van der Waals surface area (Å²) < 4.78 is 5.45. The molecule has 2 aromatic rings. The molecule has 5 nitrogen and oxygen atoms in total. The van der Waals surface area contributed by atoms with Gasteiger partial charge in [-0.3, -0.25) is 4.90 Å². The highest BCUT2D eigenvalue weighted by Gasteiger charge is 2.40. The number of ether oxygens (including phenoxy) is 1. The molecule has 0 spiro atoms. The van der Waals surface area contributed by atoms with Crippen molar-refractivity contribution in [3.63, 3.8) is 0 Å². The van der Waals surface area contributed by atoms with Crippen LogP contribution < -0.4 is 0 Å². The molecule has 112 valence electrons. The third-order valence-corrected chi connectivity index (χ3v) is 4.07. The van der Waals surface area contributed by atoms with E-state index < -0.39 is 5.97 Å². The van der Waals surface area contributed by atoms with E-state index in [1.54, 1.807) is 0 Å². The van der Waals surface area contributed by atoms with E-state index in [0.29, 0.717) is 0 Å². The van der Waals surface area contributed by atoms with Crippen LogP contribution in [0, 0.1) is 6.92 Å². The zero-order valence-corrected chi connectivity index (χ0v) is 12.3. The van der Waals surface area contributed by atoms with E-state index in [9.17, 15) is 4.79 Å². The van der Waals surface area contributed by atoms with Crippen LogP contribution in [0.1, 0.15) is 18.2 Å². The number of aryl methyl sites for hydroxylation is 1. The van der Waals surface area contributed by atoms with Gasteiger partial charge in [0, 0.05) is 36.2 Å². The molecule has 3 rings (SSSR count). The molecule has 1 saturated heterocycles. The highest BCUT2D eigenvalue weighted by atomic mass is 16.5. The maximum Gasteiger partial charge on any atom is 0.329 e. The van der Waals surface area contributed by atoms with Crippen molar-refractivity contribution in [1.82, 2.24) is 9.88 Å². The largest absolute Gasteiger partial charge is 0.480 e. The lowest BCUT2D eigenvalue weighted by Crippen LogP contribution is -2.61. The zero-order chi connectivity index (χ0) is 15.0. The smallest absolute Gasteiger partial charge is 0.329 e. The molecule has 0 saturated carbocycles. The molecule has 0 radical (unpaired) electrons. The highest BCUT2D eigenvalue weighted by Crippen LogP contribution is 2.29.